The van der Waals surface area contributed by atoms with Gasteiger partial charge in [-0.1, -0.05) is 18.9 Å². The zero-order valence-corrected chi connectivity index (χ0v) is 6.41. The van der Waals surface area contributed by atoms with E-state index in [0.29, 0.717) is 0 Å². The van der Waals surface area contributed by atoms with E-state index in [1.54, 1.807) is 0 Å². The van der Waals surface area contributed by atoms with Crippen LogP contribution in [0.3, 0.4) is 0 Å². The standard InChI is InChI=1S/C9H15F/c10-8-9-6-4-2-1-3-5-7-9/h6H,1-5,7-8H2. The van der Waals surface area contributed by atoms with Crippen molar-refractivity contribution in [1.82, 2.24) is 0 Å². The van der Waals surface area contributed by atoms with E-state index in [1.807, 2.05) is 0 Å². The van der Waals surface area contributed by atoms with E-state index in [0.717, 1.165) is 18.4 Å². The van der Waals surface area contributed by atoms with Gasteiger partial charge in [0, 0.05) is 0 Å². The predicted octanol–water partition coefficient (Wildman–Crippen LogP) is 3.24. The molecule has 0 fully saturated rings. The molecule has 58 valence electrons. The molecule has 1 aliphatic rings. The molecule has 0 spiro atoms. The van der Waals surface area contributed by atoms with E-state index in [-0.39, 0.29) is 6.67 Å². The van der Waals surface area contributed by atoms with Gasteiger partial charge in [-0.15, -0.1) is 0 Å². The van der Waals surface area contributed by atoms with Gasteiger partial charge in [-0.2, -0.15) is 0 Å². The van der Waals surface area contributed by atoms with Gasteiger partial charge in [0.1, 0.15) is 6.67 Å². The molecule has 1 aliphatic carbocycles. The highest BCUT2D eigenvalue weighted by Crippen LogP contribution is 2.16. The molecule has 0 saturated heterocycles. The van der Waals surface area contributed by atoms with Gasteiger partial charge in [-0.3, -0.25) is 0 Å². The Bertz CT molecular complexity index is 116. The number of allylic oxidation sites excluding steroid dienone is 2. The molecule has 0 N–H and O–H groups in total. The second-order valence-electron chi connectivity index (χ2n) is 2.95. The van der Waals surface area contributed by atoms with Crippen LogP contribution < -0.4 is 0 Å². The third-order valence-corrected chi connectivity index (χ3v) is 2.06. The Hall–Kier alpha value is -0.330. The fourth-order valence-corrected chi connectivity index (χ4v) is 1.38. The molecule has 1 heteroatoms. The lowest BCUT2D eigenvalue weighted by atomic mass is 10.0. The van der Waals surface area contributed by atoms with E-state index in [2.05, 4.69) is 6.08 Å². The van der Waals surface area contributed by atoms with Gasteiger partial charge in [-0.05, 0) is 31.3 Å². The molecule has 0 heterocycles. The maximum atomic E-state index is 12.1. The molecule has 0 atom stereocenters. The fourth-order valence-electron chi connectivity index (χ4n) is 1.38. The van der Waals surface area contributed by atoms with Gasteiger partial charge >= 0.3 is 0 Å². The monoisotopic (exact) mass is 142 g/mol. The Kier molecular flexibility index (Phi) is 3.48. The molecule has 0 aromatic heterocycles. The van der Waals surface area contributed by atoms with Crippen LogP contribution in [0.1, 0.15) is 38.5 Å². The quantitative estimate of drug-likeness (QED) is 0.493. The molecule has 0 aliphatic heterocycles. The minimum Gasteiger partial charge on any atom is -0.246 e. The molecule has 0 aromatic carbocycles. The fraction of sp³-hybridized carbons (Fsp3) is 0.778. The van der Waals surface area contributed by atoms with Crippen LogP contribution in [0.5, 0.6) is 0 Å². The van der Waals surface area contributed by atoms with Crippen LogP contribution in [-0.4, -0.2) is 6.67 Å². The summed E-state index contributed by atoms with van der Waals surface area (Å²) in [7, 11) is 0. The third-order valence-electron chi connectivity index (χ3n) is 2.06. The largest absolute Gasteiger partial charge is 0.246 e. The summed E-state index contributed by atoms with van der Waals surface area (Å²) in [5.41, 5.74) is 1.03. The van der Waals surface area contributed by atoms with Crippen molar-refractivity contribution in [3.05, 3.63) is 11.6 Å². The Balaban J connectivity index is 2.35. The second kappa shape index (κ2) is 4.48. The highest BCUT2D eigenvalue weighted by Gasteiger charge is 1.99. The summed E-state index contributed by atoms with van der Waals surface area (Å²) < 4.78 is 12.1. The first-order valence-corrected chi connectivity index (χ1v) is 4.17. The van der Waals surface area contributed by atoms with E-state index >= 15 is 0 Å². The van der Waals surface area contributed by atoms with E-state index in [4.69, 9.17) is 0 Å². The summed E-state index contributed by atoms with van der Waals surface area (Å²) in [5, 5.41) is 0. The van der Waals surface area contributed by atoms with Crippen LogP contribution in [0.4, 0.5) is 4.39 Å². The van der Waals surface area contributed by atoms with Crippen molar-refractivity contribution in [2.45, 2.75) is 38.5 Å². The first-order valence-electron chi connectivity index (χ1n) is 4.17. The van der Waals surface area contributed by atoms with Crippen LogP contribution in [0, 0.1) is 0 Å². The number of alkyl halides is 1. The first kappa shape index (κ1) is 7.77. The summed E-state index contributed by atoms with van der Waals surface area (Å²) in [6.07, 6.45) is 9.24. The molecule has 0 amide bonds. The van der Waals surface area contributed by atoms with Crippen LogP contribution in [0.15, 0.2) is 11.6 Å². The molecule has 0 saturated carbocycles. The van der Waals surface area contributed by atoms with E-state index < -0.39 is 0 Å². The lowest BCUT2D eigenvalue weighted by molar-refractivity contribution is 0.513. The normalized spacial score (nSPS) is 21.1. The van der Waals surface area contributed by atoms with Gasteiger partial charge in [0.25, 0.3) is 0 Å². The Labute approximate surface area is 62.1 Å². The molecular formula is C9H15F. The molecule has 0 bridgehead atoms. The average molecular weight is 142 g/mol. The van der Waals surface area contributed by atoms with E-state index in [1.165, 1.54) is 25.7 Å². The van der Waals surface area contributed by atoms with E-state index in [9.17, 15) is 4.39 Å². The van der Waals surface area contributed by atoms with Crippen LogP contribution in [0.2, 0.25) is 0 Å². The molecule has 0 nitrogen and oxygen atoms in total. The van der Waals surface area contributed by atoms with Gasteiger partial charge in [0.05, 0.1) is 0 Å². The van der Waals surface area contributed by atoms with Crippen molar-refractivity contribution in [1.29, 1.82) is 0 Å². The maximum Gasteiger partial charge on any atom is 0.111 e. The predicted molar refractivity (Wildman–Crippen MR) is 41.8 cm³/mol. The Morgan fingerprint density at radius 3 is 2.80 bits per heavy atom. The first-order chi connectivity index (χ1) is 4.93. The van der Waals surface area contributed by atoms with Gasteiger partial charge in [0.2, 0.25) is 0 Å². The van der Waals surface area contributed by atoms with Crippen molar-refractivity contribution in [3.8, 4) is 0 Å². The number of hydrogen-bond donors (Lipinski definition) is 0. The SMILES string of the molecule is FCC1=CCCCCCC1. The molecule has 1 rings (SSSR count). The summed E-state index contributed by atoms with van der Waals surface area (Å²) >= 11 is 0. The topological polar surface area (TPSA) is 0 Å². The van der Waals surface area contributed by atoms with Crippen LogP contribution in [0.25, 0.3) is 0 Å². The molecule has 0 radical (unpaired) electrons. The number of hydrogen-bond acceptors (Lipinski definition) is 0. The maximum absolute atomic E-state index is 12.1. The van der Waals surface area contributed by atoms with Gasteiger partial charge in [0.15, 0.2) is 0 Å². The Morgan fingerprint density at radius 2 is 2.00 bits per heavy atom. The van der Waals surface area contributed by atoms with Crippen molar-refractivity contribution < 1.29 is 4.39 Å². The van der Waals surface area contributed by atoms with Crippen LogP contribution >= 0.6 is 0 Å². The van der Waals surface area contributed by atoms with Gasteiger partial charge in [-0.25, -0.2) is 4.39 Å². The summed E-state index contributed by atoms with van der Waals surface area (Å²) in [6.45, 7) is -0.222. The smallest absolute Gasteiger partial charge is 0.111 e. The Morgan fingerprint density at radius 1 is 1.20 bits per heavy atom. The lowest BCUT2D eigenvalue weighted by Gasteiger charge is -2.07. The minimum absolute atomic E-state index is 0.222. The van der Waals surface area contributed by atoms with Crippen molar-refractivity contribution >= 4 is 0 Å². The zero-order valence-electron chi connectivity index (χ0n) is 6.41. The average Bonchev–Trinajstić information content (AvgIpc) is 1.87. The molecule has 0 aromatic rings. The highest BCUT2D eigenvalue weighted by molar-refractivity contribution is 5.02. The second-order valence-corrected chi connectivity index (χ2v) is 2.95. The van der Waals surface area contributed by atoms with Gasteiger partial charge < -0.3 is 0 Å². The molecular weight excluding hydrogens is 127 g/mol. The summed E-state index contributed by atoms with van der Waals surface area (Å²) in [6, 6.07) is 0. The lowest BCUT2D eigenvalue weighted by Crippen LogP contribution is -1.91. The number of rotatable bonds is 1. The zero-order chi connectivity index (χ0) is 7.23. The summed E-state index contributed by atoms with van der Waals surface area (Å²) in [4.78, 5) is 0. The third kappa shape index (κ3) is 2.51. The minimum atomic E-state index is -0.222. The highest BCUT2D eigenvalue weighted by atomic mass is 19.1. The van der Waals surface area contributed by atoms with Crippen molar-refractivity contribution in [2.24, 2.45) is 0 Å². The molecule has 10 heavy (non-hydrogen) atoms. The number of halogens is 1. The molecule has 0 unspecified atom stereocenters. The van der Waals surface area contributed by atoms with Crippen molar-refractivity contribution in [3.63, 3.8) is 0 Å². The summed E-state index contributed by atoms with van der Waals surface area (Å²) in [5.74, 6) is 0. The van der Waals surface area contributed by atoms with Crippen molar-refractivity contribution in [2.75, 3.05) is 6.67 Å². The van der Waals surface area contributed by atoms with Crippen LogP contribution in [-0.2, 0) is 0 Å².